The number of carbonyl (C=O) groups is 1. The number of rotatable bonds is 8. The third kappa shape index (κ3) is 4.65. The van der Waals surface area contributed by atoms with Gasteiger partial charge in [-0.1, -0.05) is 19.1 Å². The first-order valence-corrected chi connectivity index (χ1v) is 11.9. The SMILES string of the molecule is CCC1(c2ccc(C(=O)O)cc2)C[C@H](OC(F)F)C[C@H](C)N1Cc1c(OC)cc(C)c2[nH]ccc12. The number of aromatic carboxylic acids is 1. The highest BCUT2D eigenvalue weighted by molar-refractivity contribution is 5.88. The number of halogens is 2. The van der Waals surface area contributed by atoms with Crippen molar-refractivity contribution >= 4 is 16.9 Å². The molecule has 2 aromatic carbocycles. The number of aromatic nitrogens is 1. The van der Waals surface area contributed by atoms with Crippen LogP contribution in [-0.2, 0) is 16.8 Å². The van der Waals surface area contributed by atoms with Crippen LogP contribution in [0.3, 0.4) is 0 Å². The molecule has 0 aliphatic carbocycles. The monoisotopic (exact) mass is 486 g/mol. The van der Waals surface area contributed by atoms with Crippen LogP contribution in [0.1, 0.15) is 60.2 Å². The molecular weight excluding hydrogens is 454 g/mol. The number of hydrogen-bond acceptors (Lipinski definition) is 4. The highest BCUT2D eigenvalue weighted by Crippen LogP contribution is 2.46. The number of carboxylic acid groups (broad SMARTS) is 1. The lowest BCUT2D eigenvalue weighted by Crippen LogP contribution is -2.56. The number of methoxy groups -OCH3 is 1. The number of alkyl halides is 2. The predicted molar refractivity (Wildman–Crippen MR) is 130 cm³/mol. The van der Waals surface area contributed by atoms with Gasteiger partial charge < -0.3 is 19.6 Å². The molecule has 0 bridgehead atoms. The van der Waals surface area contributed by atoms with Gasteiger partial charge in [-0.05, 0) is 68.5 Å². The van der Waals surface area contributed by atoms with Gasteiger partial charge >= 0.3 is 12.6 Å². The van der Waals surface area contributed by atoms with Crippen LogP contribution in [-0.4, -0.2) is 46.8 Å². The van der Waals surface area contributed by atoms with Gasteiger partial charge in [0.15, 0.2) is 0 Å². The lowest BCUT2D eigenvalue weighted by molar-refractivity contribution is -0.195. The molecule has 8 heteroatoms. The smallest absolute Gasteiger partial charge is 0.345 e. The molecular formula is C27H32F2N2O4. The van der Waals surface area contributed by atoms with E-state index in [9.17, 15) is 18.7 Å². The van der Waals surface area contributed by atoms with E-state index in [1.807, 2.05) is 39.1 Å². The Bertz CT molecular complexity index is 1190. The third-order valence-electron chi connectivity index (χ3n) is 7.46. The fraction of sp³-hybridized carbons (Fsp3) is 0.444. The zero-order valence-corrected chi connectivity index (χ0v) is 20.5. The summed E-state index contributed by atoms with van der Waals surface area (Å²) in [7, 11) is 1.65. The van der Waals surface area contributed by atoms with Crippen LogP contribution >= 0.6 is 0 Å². The number of ether oxygens (including phenoxy) is 2. The summed E-state index contributed by atoms with van der Waals surface area (Å²) in [5.41, 5.74) is 3.58. The van der Waals surface area contributed by atoms with Crippen molar-refractivity contribution in [2.75, 3.05) is 7.11 Å². The second-order valence-corrected chi connectivity index (χ2v) is 9.34. The zero-order chi connectivity index (χ0) is 25.3. The van der Waals surface area contributed by atoms with Gasteiger partial charge in [0, 0.05) is 40.8 Å². The molecule has 1 saturated heterocycles. The summed E-state index contributed by atoms with van der Waals surface area (Å²) in [6.45, 7) is 3.79. The predicted octanol–water partition coefficient (Wildman–Crippen LogP) is 6.08. The van der Waals surface area contributed by atoms with Gasteiger partial charge in [0.1, 0.15) is 5.75 Å². The van der Waals surface area contributed by atoms with E-state index in [0.29, 0.717) is 25.8 Å². The first-order chi connectivity index (χ1) is 16.7. The van der Waals surface area contributed by atoms with Crippen LogP contribution in [0.4, 0.5) is 8.78 Å². The minimum atomic E-state index is -2.85. The number of aryl methyl sites for hydroxylation is 1. The lowest BCUT2D eigenvalue weighted by Gasteiger charge is -2.53. The van der Waals surface area contributed by atoms with E-state index in [1.165, 1.54) is 0 Å². The second kappa shape index (κ2) is 9.95. The Hall–Kier alpha value is -2.97. The summed E-state index contributed by atoms with van der Waals surface area (Å²) >= 11 is 0. The number of likely N-dealkylation sites (tertiary alicyclic amines) is 1. The molecule has 188 valence electrons. The minimum absolute atomic E-state index is 0.0772. The van der Waals surface area contributed by atoms with Crippen molar-refractivity contribution in [2.45, 2.75) is 70.9 Å². The normalized spacial score (nSPS) is 23.2. The van der Waals surface area contributed by atoms with E-state index in [4.69, 9.17) is 9.47 Å². The molecule has 4 rings (SSSR count). The molecule has 0 radical (unpaired) electrons. The van der Waals surface area contributed by atoms with Crippen LogP contribution in [0.15, 0.2) is 42.6 Å². The minimum Gasteiger partial charge on any atom is -0.496 e. The Morgan fingerprint density at radius 1 is 1.29 bits per heavy atom. The van der Waals surface area contributed by atoms with Crippen molar-refractivity contribution in [3.63, 3.8) is 0 Å². The second-order valence-electron chi connectivity index (χ2n) is 9.34. The molecule has 2 N–H and O–H groups in total. The van der Waals surface area contributed by atoms with Gasteiger partial charge in [0.25, 0.3) is 0 Å². The Morgan fingerprint density at radius 2 is 2.00 bits per heavy atom. The zero-order valence-electron chi connectivity index (χ0n) is 20.5. The van der Waals surface area contributed by atoms with Crippen molar-refractivity contribution in [1.29, 1.82) is 0 Å². The summed E-state index contributed by atoms with van der Waals surface area (Å²) in [5.74, 6) is -0.229. The molecule has 2 heterocycles. The number of aromatic amines is 1. The Labute approximate surface area is 203 Å². The quantitative estimate of drug-likeness (QED) is 0.404. The molecule has 3 aromatic rings. The van der Waals surface area contributed by atoms with Crippen LogP contribution in [0, 0.1) is 6.92 Å². The van der Waals surface area contributed by atoms with Gasteiger partial charge in [-0.15, -0.1) is 0 Å². The molecule has 1 fully saturated rings. The summed E-state index contributed by atoms with van der Waals surface area (Å²) in [6, 6.07) is 10.7. The van der Waals surface area contributed by atoms with Crippen molar-refractivity contribution < 1.29 is 28.2 Å². The van der Waals surface area contributed by atoms with Crippen LogP contribution in [0.25, 0.3) is 10.9 Å². The molecule has 3 atom stereocenters. The van der Waals surface area contributed by atoms with E-state index in [-0.39, 0.29) is 11.6 Å². The van der Waals surface area contributed by atoms with Gasteiger partial charge in [0.2, 0.25) is 0 Å². The highest BCUT2D eigenvalue weighted by Gasteiger charge is 2.47. The van der Waals surface area contributed by atoms with E-state index < -0.39 is 24.2 Å². The van der Waals surface area contributed by atoms with Crippen molar-refractivity contribution in [2.24, 2.45) is 0 Å². The summed E-state index contributed by atoms with van der Waals surface area (Å²) in [5, 5.41) is 10.4. The lowest BCUT2D eigenvalue weighted by atomic mass is 9.74. The molecule has 1 aromatic heterocycles. The summed E-state index contributed by atoms with van der Waals surface area (Å²) in [6.07, 6.45) is 2.76. The molecule has 35 heavy (non-hydrogen) atoms. The maximum absolute atomic E-state index is 13.2. The molecule has 1 aliphatic rings. The molecule has 0 spiro atoms. The van der Waals surface area contributed by atoms with E-state index in [2.05, 4.69) is 9.88 Å². The molecule has 0 amide bonds. The van der Waals surface area contributed by atoms with Gasteiger partial charge in [0.05, 0.1) is 18.8 Å². The number of nitrogens with zero attached hydrogens (tertiary/aromatic N) is 1. The molecule has 1 aliphatic heterocycles. The van der Waals surface area contributed by atoms with E-state index in [1.54, 1.807) is 31.4 Å². The maximum Gasteiger partial charge on any atom is 0.345 e. The number of carboxylic acids is 1. The Morgan fingerprint density at radius 3 is 2.60 bits per heavy atom. The number of H-pyrrole nitrogens is 1. The number of benzene rings is 2. The van der Waals surface area contributed by atoms with Crippen LogP contribution < -0.4 is 4.74 Å². The first kappa shape index (κ1) is 25.1. The summed E-state index contributed by atoms with van der Waals surface area (Å²) < 4.78 is 37.3. The van der Waals surface area contributed by atoms with Gasteiger partial charge in [-0.2, -0.15) is 8.78 Å². The average Bonchev–Trinajstić information content (AvgIpc) is 3.32. The maximum atomic E-state index is 13.2. The standard InChI is InChI=1S/C27H32F2N2O4/c1-5-27(19-8-6-18(7-9-19)25(32)33)14-20(35-26(28)29)13-17(3)31(27)15-22-21-10-11-30-24(21)16(2)12-23(22)34-4/h6-12,17,20,26,30H,5,13-15H2,1-4H3,(H,32,33)/t17-,20+,27?/m0/s1. The number of fused-ring (bicyclic) bond motifs is 1. The average molecular weight is 487 g/mol. The van der Waals surface area contributed by atoms with Crippen molar-refractivity contribution in [1.82, 2.24) is 9.88 Å². The number of hydrogen-bond donors (Lipinski definition) is 2. The molecule has 1 unspecified atom stereocenters. The summed E-state index contributed by atoms with van der Waals surface area (Å²) in [4.78, 5) is 17.1. The fourth-order valence-corrected chi connectivity index (χ4v) is 5.77. The topological polar surface area (TPSA) is 74.8 Å². The molecule has 0 saturated carbocycles. The van der Waals surface area contributed by atoms with Crippen molar-refractivity contribution in [3.8, 4) is 5.75 Å². The third-order valence-corrected chi connectivity index (χ3v) is 7.46. The molecule has 6 nitrogen and oxygen atoms in total. The number of piperidine rings is 1. The highest BCUT2D eigenvalue weighted by atomic mass is 19.3. The van der Waals surface area contributed by atoms with Crippen molar-refractivity contribution in [3.05, 3.63) is 64.8 Å². The fourth-order valence-electron chi connectivity index (χ4n) is 5.77. The van der Waals surface area contributed by atoms with Gasteiger partial charge in [-0.3, -0.25) is 4.90 Å². The Balaban J connectivity index is 1.83. The first-order valence-electron chi connectivity index (χ1n) is 11.9. The van der Waals surface area contributed by atoms with Crippen LogP contribution in [0.2, 0.25) is 0 Å². The van der Waals surface area contributed by atoms with Crippen LogP contribution in [0.5, 0.6) is 5.75 Å². The Kier molecular flexibility index (Phi) is 7.15. The van der Waals surface area contributed by atoms with E-state index >= 15 is 0 Å². The van der Waals surface area contributed by atoms with E-state index in [0.717, 1.165) is 33.3 Å². The van der Waals surface area contributed by atoms with Gasteiger partial charge in [-0.25, -0.2) is 4.79 Å². The number of nitrogens with one attached hydrogen (secondary N) is 1. The largest absolute Gasteiger partial charge is 0.496 e.